The molecule has 1 aromatic carbocycles. The van der Waals surface area contributed by atoms with Gasteiger partial charge in [0.25, 0.3) is 0 Å². The Morgan fingerprint density at radius 1 is 1.35 bits per heavy atom. The molecule has 0 aliphatic carbocycles. The van der Waals surface area contributed by atoms with Crippen LogP contribution in [0.5, 0.6) is 0 Å². The van der Waals surface area contributed by atoms with Crippen molar-refractivity contribution in [3.8, 4) is 0 Å². The number of aromatic nitrogens is 2. The molecule has 6 heteroatoms. The second-order valence-corrected chi connectivity index (χ2v) is 6.22. The van der Waals surface area contributed by atoms with Gasteiger partial charge < -0.3 is 14.4 Å². The van der Waals surface area contributed by atoms with Gasteiger partial charge in [0.05, 0.1) is 0 Å². The van der Waals surface area contributed by atoms with Gasteiger partial charge in [0.1, 0.15) is 23.0 Å². The average molecular weight is 311 g/mol. The lowest BCUT2D eigenvalue weighted by Gasteiger charge is -2.22. The topological polar surface area (TPSA) is 79.5 Å². The maximum atomic E-state index is 11.6. The Kier molecular flexibility index (Phi) is 3.01. The van der Waals surface area contributed by atoms with Crippen LogP contribution in [0.1, 0.15) is 19.2 Å². The molecule has 4 rings (SSSR count). The maximum absolute atomic E-state index is 11.6. The largest absolute Gasteiger partial charge is 0.480 e. The number of carboxylic acids is 1. The van der Waals surface area contributed by atoms with E-state index in [1.54, 1.807) is 0 Å². The van der Waals surface area contributed by atoms with Gasteiger partial charge in [-0.2, -0.15) is 0 Å². The lowest BCUT2D eigenvalue weighted by molar-refractivity contribution is -0.138. The number of hydrogen-bond donors (Lipinski definition) is 1. The molecular formula is C17H17N3O3. The highest BCUT2D eigenvalue weighted by Crippen LogP contribution is 2.36. The quantitative estimate of drug-likeness (QED) is 0.783. The molecule has 1 saturated heterocycles. The lowest BCUT2D eigenvalue weighted by atomic mass is 10.1. The number of furan rings is 1. The van der Waals surface area contributed by atoms with Crippen molar-refractivity contribution in [3.63, 3.8) is 0 Å². The van der Waals surface area contributed by atoms with Crippen molar-refractivity contribution >= 4 is 33.9 Å². The molecule has 2 atom stereocenters. The Bertz CT molecular complexity index is 918. The highest BCUT2D eigenvalue weighted by Gasteiger charge is 2.37. The number of nitrogens with zero attached hydrogens (tertiary/aromatic N) is 3. The molecule has 118 valence electrons. The van der Waals surface area contributed by atoms with Crippen molar-refractivity contribution in [2.45, 2.75) is 26.3 Å². The second kappa shape index (κ2) is 4.94. The van der Waals surface area contributed by atoms with Gasteiger partial charge in [0.2, 0.25) is 0 Å². The second-order valence-electron chi connectivity index (χ2n) is 6.22. The number of hydrogen-bond acceptors (Lipinski definition) is 5. The molecule has 2 aromatic heterocycles. The molecule has 2 unspecified atom stereocenters. The summed E-state index contributed by atoms with van der Waals surface area (Å²) in [5, 5.41) is 10.5. The van der Waals surface area contributed by atoms with E-state index in [1.165, 1.54) is 0 Å². The maximum Gasteiger partial charge on any atom is 0.326 e. The van der Waals surface area contributed by atoms with Crippen molar-refractivity contribution < 1.29 is 14.3 Å². The first kappa shape index (κ1) is 14.0. The van der Waals surface area contributed by atoms with Crippen LogP contribution in [-0.4, -0.2) is 33.6 Å². The predicted octanol–water partition coefficient (Wildman–Crippen LogP) is 2.98. The lowest BCUT2D eigenvalue weighted by Crippen LogP contribution is -2.36. The molecule has 3 heterocycles. The summed E-state index contributed by atoms with van der Waals surface area (Å²) in [4.78, 5) is 22.5. The van der Waals surface area contributed by atoms with E-state index in [1.807, 2.05) is 36.1 Å². The molecule has 6 nitrogen and oxygen atoms in total. The third-order valence-electron chi connectivity index (χ3n) is 4.38. The Hall–Kier alpha value is -2.63. The molecule has 1 aliphatic rings. The predicted molar refractivity (Wildman–Crippen MR) is 86.6 cm³/mol. The van der Waals surface area contributed by atoms with Crippen molar-refractivity contribution in [3.05, 3.63) is 30.1 Å². The Morgan fingerprint density at radius 2 is 2.13 bits per heavy atom. The number of fused-ring (bicyclic) bond motifs is 3. The minimum absolute atomic E-state index is 0.297. The van der Waals surface area contributed by atoms with E-state index in [0.717, 1.165) is 16.5 Å². The van der Waals surface area contributed by atoms with Gasteiger partial charge in [0.15, 0.2) is 11.4 Å². The first-order valence-electron chi connectivity index (χ1n) is 7.70. The molecule has 0 saturated carbocycles. The van der Waals surface area contributed by atoms with Crippen LogP contribution in [0.2, 0.25) is 0 Å². The summed E-state index contributed by atoms with van der Waals surface area (Å²) in [7, 11) is 0. The summed E-state index contributed by atoms with van der Waals surface area (Å²) >= 11 is 0. The van der Waals surface area contributed by atoms with Crippen molar-refractivity contribution in [2.24, 2.45) is 5.92 Å². The summed E-state index contributed by atoms with van der Waals surface area (Å²) in [5.41, 5.74) is 2.05. The number of aryl methyl sites for hydroxylation is 1. The monoisotopic (exact) mass is 311 g/mol. The Morgan fingerprint density at radius 3 is 2.91 bits per heavy atom. The van der Waals surface area contributed by atoms with Gasteiger partial charge in [-0.3, -0.25) is 0 Å². The third kappa shape index (κ3) is 2.13. The molecule has 23 heavy (non-hydrogen) atoms. The zero-order valence-corrected chi connectivity index (χ0v) is 13.0. The molecule has 0 amide bonds. The van der Waals surface area contributed by atoms with Crippen molar-refractivity contribution in [1.82, 2.24) is 9.97 Å². The van der Waals surface area contributed by atoms with Crippen molar-refractivity contribution in [1.29, 1.82) is 0 Å². The Balaban J connectivity index is 1.97. The van der Waals surface area contributed by atoms with Crippen LogP contribution in [0.3, 0.4) is 0 Å². The van der Waals surface area contributed by atoms with E-state index in [4.69, 9.17) is 4.42 Å². The molecule has 0 bridgehead atoms. The molecule has 0 radical (unpaired) electrons. The molecule has 1 N–H and O–H groups in total. The summed E-state index contributed by atoms with van der Waals surface area (Å²) in [5.74, 6) is 0.670. The van der Waals surface area contributed by atoms with E-state index in [0.29, 0.717) is 36.1 Å². The standard InChI is InChI=1S/C17H17N3O3/c1-9-7-12(17(21)22)20(8-9)16-15-14(18-10(2)19-16)11-5-3-4-6-13(11)23-15/h3-6,9,12H,7-8H2,1-2H3,(H,21,22). The molecular weight excluding hydrogens is 294 g/mol. The fraction of sp³-hybridized carbons (Fsp3) is 0.353. The van der Waals surface area contributed by atoms with Crippen molar-refractivity contribution in [2.75, 3.05) is 11.4 Å². The van der Waals surface area contributed by atoms with E-state index >= 15 is 0 Å². The summed E-state index contributed by atoms with van der Waals surface area (Å²) in [6, 6.07) is 7.11. The number of anilines is 1. The summed E-state index contributed by atoms with van der Waals surface area (Å²) in [6.45, 7) is 4.53. The van der Waals surface area contributed by atoms with Crippen LogP contribution >= 0.6 is 0 Å². The fourth-order valence-corrected chi connectivity index (χ4v) is 3.39. The van der Waals surface area contributed by atoms with E-state index < -0.39 is 12.0 Å². The number of aliphatic carboxylic acids is 1. The van der Waals surface area contributed by atoms with Gasteiger partial charge in [-0.15, -0.1) is 0 Å². The minimum atomic E-state index is -0.824. The first-order valence-corrected chi connectivity index (χ1v) is 7.70. The van der Waals surface area contributed by atoms with Gasteiger partial charge >= 0.3 is 5.97 Å². The van der Waals surface area contributed by atoms with Gasteiger partial charge in [-0.05, 0) is 31.4 Å². The summed E-state index contributed by atoms with van der Waals surface area (Å²) in [6.07, 6.45) is 0.611. The number of rotatable bonds is 2. The van der Waals surface area contributed by atoms with E-state index in [2.05, 4.69) is 16.9 Å². The van der Waals surface area contributed by atoms with Crippen LogP contribution in [0, 0.1) is 12.8 Å². The van der Waals surface area contributed by atoms with Crippen LogP contribution in [-0.2, 0) is 4.79 Å². The number of benzene rings is 1. The smallest absolute Gasteiger partial charge is 0.326 e. The molecule has 3 aromatic rings. The normalized spacial score (nSPS) is 21.4. The number of carbonyl (C=O) groups is 1. The zero-order chi connectivity index (χ0) is 16.1. The minimum Gasteiger partial charge on any atom is -0.480 e. The van der Waals surface area contributed by atoms with Crippen LogP contribution in [0.15, 0.2) is 28.7 Å². The van der Waals surface area contributed by atoms with Crippen LogP contribution < -0.4 is 4.90 Å². The summed E-state index contributed by atoms with van der Waals surface area (Å²) < 4.78 is 5.95. The van der Waals surface area contributed by atoms with Gasteiger partial charge in [0, 0.05) is 11.9 Å². The Labute approximate surface area is 132 Å². The van der Waals surface area contributed by atoms with Crippen LogP contribution in [0.25, 0.3) is 22.1 Å². The number of para-hydroxylation sites is 1. The molecule has 0 spiro atoms. The highest BCUT2D eigenvalue weighted by atomic mass is 16.4. The van der Waals surface area contributed by atoms with E-state index in [9.17, 15) is 9.90 Å². The van der Waals surface area contributed by atoms with E-state index in [-0.39, 0.29) is 0 Å². The average Bonchev–Trinajstić information content (AvgIpc) is 3.07. The fourth-order valence-electron chi connectivity index (χ4n) is 3.39. The zero-order valence-electron chi connectivity index (χ0n) is 13.0. The highest BCUT2D eigenvalue weighted by molar-refractivity contribution is 6.06. The first-order chi connectivity index (χ1) is 11.0. The van der Waals surface area contributed by atoms with Gasteiger partial charge in [-0.1, -0.05) is 19.1 Å². The number of carboxylic acid groups (broad SMARTS) is 1. The van der Waals surface area contributed by atoms with Gasteiger partial charge in [-0.25, -0.2) is 14.8 Å². The third-order valence-corrected chi connectivity index (χ3v) is 4.38. The molecule has 1 fully saturated rings. The molecule has 1 aliphatic heterocycles. The SMILES string of the molecule is Cc1nc(N2CC(C)CC2C(=O)O)c2oc3ccccc3c2n1. The van der Waals surface area contributed by atoms with Crippen LogP contribution in [0.4, 0.5) is 5.82 Å².